The highest BCUT2D eigenvalue weighted by atomic mass is 16.5. The van der Waals surface area contributed by atoms with Gasteiger partial charge in [-0.25, -0.2) is 0 Å². The van der Waals surface area contributed by atoms with Crippen molar-refractivity contribution < 1.29 is 14.3 Å². The van der Waals surface area contributed by atoms with E-state index in [-0.39, 0.29) is 23.9 Å². The van der Waals surface area contributed by atoms with Crippen LogP contribution in [0.5, 0.6) is 11.5 Å². The Bertz CT molecular complexity index is 519. The van der Waals surface area contributed by atoms with E-state index in [2.05, 4.69) is 5.32 Å². The van der Waals surface area contributed by atoms with Crippen molar-refractivity contribution in [2.75, 3.05) is 14.2 Å². The van der Waals surface area contributed by atoms with E-state index in [0.29, 0.717) is 0 Å². The summed E-state index contributed by atoms with van der Waals surface area (Å²) in [6.07, 6.45) is 3.73. The molecule has 5 heteroatoms. The molecular weight excluding hydrogens is 280 g/mol. The van der Waals surface area contributed by atoms with Gasteiger partial charge in [-0.3, -0.25) is 4.79 Å². The van der Waals surface area contributed by atoms with E-state index >= 15 is 0 Å². The average Bonchev–Trinajstić information content (AvgIpc) is 2.54. The molecule has 1 aliphatic rings. The van der Waals surface area contributed by atoms with Crippen molar-refractivity contribution in [1.82, 2.24) is 5.32 Å². The summed E-state index contributed by atoms with van der Waals surface area (Å²) in [7, 11) is 3.25. The van der Waals surface area contributed by atoms with Gasteiger partial charge in [0.2, 0.25) is 5.91 Å². The molecule has 1 aromatic rings. The Kier molecular flexibility index (Phi) is 5.66. The highest BCUT2D eigenvalue weighted by Gasteiger charge is 2.26. The predicted octanol–water partition coefficient (Wildman–Crippen LogP) is 2.40. The molecule has 22 heavy (non-hydrogen) atoms. The van der Waals surface area contributed by atoms with Crippen molar-refractivity contribution in [3.63, 3.8) is 0 Å². The standard InChI is InChI=1S/C17H26N2O3/c1-11(15-10-14(21-2)7-8-16(15)22-3)19-17(20)12-5-4-6-13(18)9-12/h7-8,10-13H,4-6,9,18H2,1-3H3,(H,19,20). The minimum Gasteiger partial charge on any atom is -0.497 e. The highest BCUT2D eigenvalue weighted by molar-refractivity contribution is 5.79. The van der Waals surface area contributed by atoms with Crippen LogP contribution in [0.25, 0.3) is 0 Å². The van der Waals surface area contributed by atoms with Gasteiger partial charge in [-0.1, -0.05) is 6.42 Å². The molecule has 0 spiro atoms. The summed E-state index contributed by atoms with van der Waals surface area (Å²) >= 11 is 0. The number of carbonyl (C=O) groups excluding carboxylic acids is 1. The van der Waals surface area contributed by atoms with Gasteiger partial charge in [0.1, 0.15) is 11.5 Å². The predicted molar refractivity (Wildman–Crippen MR) is 86.0 cm³/mol. The maximum atomic E-state index is 12.4. The number of methoxy groups -OCH3 is 2. The zero-order chi connectivity index (χ0) is 16.1. The summed E-state index contributed by atoms with van der Waals surface area (Å²) in [6, 6.07) is 5.60. The summed E-state index contributed by atoms with van der Waals surface area (Å²) in [4.78, 5) is 12.4. The fourth-order valence-electron chi connectivity index (χ4n) is 3.05. The second kappa shape index (κ2) is 7.49. The summed E-state index contributed by atoms with van der Waals surface area (Å²) < 4.78 is 10.6. The van der Waals surface area contributed by atoms with E-state index in [1.807, 2.05) is 25.1 Å². The Labute approximate surface area is 132 Å². The topological polar surface area (TPSA) is 73.6 Å². The third-order valence-electron chi connectivity index (χ3n) is 4.35. The maximum absolute atomic E-state index is 12.4. The van der Waals surface area contributed by atoms with E-state index < -0.39 is 0 Å². The van der Waals surface area contributed by atoms with Crippen LogP contribution >= 0.6 is 0 Å². The fourth-order valence-corrected chi connectivity index (χ4v) is 3.05. The molecular formula is C17H26N2O3. The van der Waals surface area contributed by atoms with Crippen LogP contribution in [0.2, 0.25) is 0 Å². The van der Waals surface area contributed by atoms with E-state index in [9.17, 15) is 4.79 Å². The Morgan fingerprint density at radius 2 is 2.09 bits per heavy atom. The second-order valence-corrected chi connectivity index (χ2v) is 5.96. The molecule has 0 aromatic heterocycles. The fraction of sp³-hybridized carbons (Fsp3) is 0.588. The molecule has 3 N–H and O–H groups in total. The zero-order valence-corrected chi connectivity index (χ0v) is 13.6. The van der Waals surface area contributed by atoms with Crippen LogP contribution in [0.4, 0.5) is 0 Å². The SMILES string of the molecule is COc1ccc(OC)c(C(C)NC(=O)C2CCCC(N)C2)c1. The summed E-state index contributed by atoms with van der Waals surface area (Å²) in [5, 5.41) is 3.08. The first kappa shape index (κ1) is 16.6. The van der Waals surface area contributed by atoms with Crippen LogP contribution in [0.15, 0.2) is 18.2 Å². The number of nitrogens with two attached hydrogens (primary N) is 1. The van der Waals surface area contributed by atoms with E-state index in [1.54, 1.807) is 14.2 Å². The number of hydrogen-bond acceptors (Lipinski definition) is 4. The molecule has 1 aromatic carbocycles. The molecule has 1 amide bonds. The highest BCUT2D eigenvalue weighted by Crippen LogP contribution is 2.30. The summed E-state index contributed by atoms with van der Waals surface area (Å²) in [5.74, 6) is 1.58. The first-order chi connectivity index (χ1) is 10.5. The zero-order valence-electron chi connectivity index (χ0n) is 13.6. The van der Waals surface area contributed by atoms with Crippen LogP contribution in [0, 0.1) is 5.92 Å². The van der Waals surface area contributed by atoms with Crippen LogP contribution in [-0.4, -0.2) is 26.2 Å². The van der Waals surface area contributed by atoms with Gasteiger partial charge in [-0.15, -0.1) is 0 Å². The number of nitrogens with one attached hydrogen (secondary N) is 1. The minimum absolute atomic E-state index is 0.0165. The Hall–Kier alpha value is -1.75. The number of rotatable bonds is 5. The van der Waals surface area contributed by atoms with Crippen LogP contribution in [0.3, 0.4) is 0 Å². The largest absolute Gasteiger partial charge is 0.497 e. The van der Waals surface area contributed by atoms with E-state index in [0.717, 1.165) is 42.7 Å². The van der Waals surface area contributed by atoms with Crippen LogP contribution in [0.1, 0.15) is 44.2 Å². The van der Waals surface area contributed by atoms with Gasteiger partial charge in [0.25, 0.3) is 0 Å². The normalized spacial score (nSPS) is 22.7. The van der Waals surface area contributed by atoms with Crippen LogP contribution in [-0.2, 0) is 4.79 Å². The molecule has 0 heterocycles. The molecule has 3 atom stereocenters. The molecule has 5 nitrogen and oxygen atoms in total. The van der Waals surface area contributed by atoms with Crippen LogP contribution < -0.4 is 20.5 Å². The first-order valence-corrected chi connectivity index (χ1v) is 7.83. The Balaban J connectivity index is 2.07. The van der Waals surface area contributed by atoms with Crippen molar-refractivity contribution in [1.29, 1.82) is 0 Å². The van der Waals surface area contributed by atoms with Gasteiger partial charge in [0.05, 0.1) is 20.3 Å². The summed E-state index contributed by atoms with van der Waals surface area (Å²) in [6.45, 7) is 1.96. The molecule has 1 saturated carbocycles. The lowest BCUT2D eigenvalue weighted by Crippen LogP contribution is -2.38. The lowest BCUT2D eigenvalue weighted by atomic mass is 9.85. The van der Waals surface area contributed by atoms with E-state index in [4.69, 9.17) is 15.2 Å². The lowest BCUT2D eigenvalue weighted by molar-refractivity contribution is -0.126. The van der Waals surface area contributed by atoms with Gasteiger partial charge in [-0.05, 0) is 44.4 Å². The van der Waals surface area contributed by atoms with E-state index in [1.165, 1.54) is 0 Å². The third kappa shape index (κ3) is 3.91. The van der Waals surface area contributed by atoms with Crippen molar-refractivity contribution in [2.24, 2.45) is 11.7 Å². The van der Waals surface area contributed by atoms with Crippen molar-refractivity contribution in [3.05, 3.63) is 23.8 Å². The van der Waals surface area contributed by atoms with Crippen molar-refractivity contribution >= 4 is 5.91 Å². The van der Waals surface area contributed by atoms with Crippen molar-refractivity contribution in [2.45, 2.75) is 44.7 Å². The second-order valence-electron chi connectivity index (χ2n) is 5.96. The molecule has 0 saturated heterocycles. The molecule has 122 valence electrons. The smallest absolute Gasteiger partial charge is 0.223 e. The van der Waals surface area contributed by atoms with Gasteiger partial charge >= 0.3 is 0 Å². The lowest BCUT2D eigenvalue weighted by Gasteiger charge is -2.27. The van der Waals surface area contributed by atoms with Gasteiger partial charge in [-0.2, -0.15) is 0 Å². The number of amides is 1. The Morgan fingerprint density at radius 1 is 1.32 bits per heavy atom. The maximum Gasteiger partial charge on any atom is 0.223 e. The molecule has 1 fully saturated rings. The van der Waals surface area contributed by atoms with Gasteiger partial charge in [0.15, 0.2) is 0 Å². The molecule has 1 aliphatic carbocycles. The monoisotopic (exact) mass is 306 g/mol. The van der Waals surface area contributed by atoms with Crippen molar-refractivity contribution in [3.8, 4) is 11.5 Å². The summed E-state index contributed by atoms with van der Waals surface area (Å²) in [5.41, 5.74) is 6.88. The molecule has 2 rings (SSSR count). The third-order valence-corrected chi connectivity index (χ3v) is 4.35. The minimum atomic E-state index is -0.143. The quantitative estimate of drug-likeness (QED) is 0.876. The number of hydrogen-bond donors (Lipinski definition) is 2. The number of ether oxygens (including phenoxy) is 2. The molecule has 0 aliphatic heterocycles. The molecule has 3 unspecified atom stereocenters. The molecule has 0 radical (unpaired) electrons. The van der Waals surface area contributed by atoms with Gasteiger partial charge in [0, 0.05) is 17.5 Å². The number of carbonyl (C=O) groups is 1. The first-order valence-electron chi connectivity index (χ1n) is 7.83. The van der Waals surface area contributed by atoms with Gasteiger partial charge < -0.3 is 20.5 Å². The Morgan fingerprint density at radius 3 is 2.73 bits per heavy atom. The molecule has 0 bridgehead atoms. The number of benzene rings is 1. The average molecular weight is 306 g/mol.